The second kappa shape index (κ2) is 5.20. The highest BCUT2D eigenvalue weighted by molar-refractivity contribution is 5.73. The Labute approximate surface area is 106 Å². The number of nitrogens with zero attached hydrogens (tertiary/aromatic N) is 2. The van der Waals surface area contributed by atoms with Crippen molar-refractivity contribution in [1.82, 2.24) is 9.97 Å². The maximum Gasteiger partial charge on any atom is 0.217 e. The number of aromatic nitrogens is 2. The molecule has 1 aromatic heterocycles. The molecule has 1 fully saturated rings. The number of anilines is 2. The summed E-state index contributed by atoms with van der Waals surface area (Å²) in [6, 6.07) is 0. The van der Waals surface area contributed by atoms with Gasteiger partial charge in [0, 0.05) is 24.4 Å². The lowest BCUT2D eigenvalue weighted by Gasteiger charge is -2.11. The predicted octanol–water partition coefficient (Wildman–Crippen LogP) is 0.922. The Bertz CT molecular complexity index is 456. The molecule has 1 aromatic rings. The van der Waals surface area contributed by atoms with Crippen LogP contribution < -0.4 is 16.8 Å². The fourth-order valence-electron chi connectivity index (χ4n) is 1.72. The molecule has 0 atom stereocenters. The van der Waals surface area contributed by atoms with E-state index in [9.17, 15) is 4.79 Å². The molecule has 1 amide bonds. The number of primary amides is 1. The van der Waals surface area contributed by atoms with Crippen LogP contribution in [0.4, 0.5) is 11.6 Å². The van der Waals surface area contributed by atoms with Gasteiger partial charge in [-0.1, -0.05) is 0 Å². The Morgan fingerprint density at radius 3 is 2.78 bits per heavy atom. The second-order valence-corrected chi connectivity index (χ2v) is 4.71. The Morgan fingerprint density at radius 1 is 1.44 bits per heavy atom. The van der Waals surface area contributed by atoms with Crippen LogP contribution in [0, 0.1) is 6.92 Å². The average molecular weight is 249 g/mol. The summed E-state index contributed by atoms with van der Waals surface area (Å²) in [6.45, 7) is 2.55. The highest BCUT2D eigenvalue weighted by Gasteiger charge is 2.27. The van der Waals surface area contributed by atoms with E-state index in [1.165, 1.54) is 0 Å². The first kappa shape index (κ1) is 12.6. The van der Waals surface area contributed by atoms with Gasteiger partial charge in [-0.25, -0.2) is 9.97 Å². The molecule has 18 heavy (non-hydrogen) atoms. The van der Waals surface area contributed by atoms with Crippen molar-refractivity contribution in [2.75, 3.05) is 17.6 Å². The summed E-state index contributed by atoms with van der Waals surface area (Å²) in [5.74, 6) is 2.32. The van der Waals surface area contributed by atoms with Gasteiger partial charge in [-0.2, -0.15) is 0 Å². The van der Waals surface area contributed by atoms with Gasteiger partial charge in [0.25, 0.3) is 0 Å². The third kappa shape index (κ3) is 3.09. The van der Waals surface area contributed by atoms with E-state index in [0.717, 1.165) is 30.0 Å². The van der Waals surface area contributed by atoms with E-state index >= 15 is 0 Å². The van der Waals surface area contributed by atoms with Crippen molar-refractivity contribution in [3.63, 3.8) is 0 Å². The predicted molar refractivity (Wildman–Crippen MR) is 70.1 cm³/mol. The molecule has 1 heterocycles. The first-order valence-corrected chi connectivity index (χ1v) is 6.24. The molecule has 0 bridgehead atoms. The van der Waals surface area contributed by atoms with Crippen LogP contribution in [0.15, 0.2) is 0 Å². The zero-order chi connectivity index (χ0) is 13.1. The monoisotopic (exact) mass is 249 g/mol. The topological polar surface area (TPSA) is 107 Å². The summed E-state index contributed by atoms with van der Waals surface area (Å²) in [5, 5.41) is 3.19. The van der Waals surface area contributed by atoms with Crippen molar-refractivity contribution in [2.45, 2.75) is 38.5 Å². The summed E-state index contributed by atoms with van der Waals surface area (Å²) in [6.07, 6.45) is 3.35. The lowest BCUT2D eigenvalue weighted by Crippen LogP contribution is -2.14. The van der Waals surface area contributed by atoms with Crippen LogP contribution in [0.2, 0.25) is 0 Å². The van der Waals surface area contributed by atoms with Gasteiger partial charge in [-0.05, 0) is 26.2 Å². The zero-order valence-electron chi connectivity index (χ0n) is 10.6. The minimum absolute atomic E-state index is 0.283. The Balaban J connectivity index is 1.99. The van der Waals surface area contributed by atoms with Crippen LogP contribution in [0.25, 0.3) is 0 Å². The Kier molecular flexibility index (Phi) is 3.64. The van der Waals surface area contributed by atoms with Gasteiger partial charge in [0.1, 0.15) is 17.5 Å². The minimum atomic E-state index is -0.283. The molecule has 0 radical (unpaired) electrons. The van der Waals surface area contributed by atoms with Crippen LogP contribution in [0.5, 0.6) is 0 Å². The average Bonchev–Trinajstić information content (AvgIpc) is 3.13. The van der Waals surface area contributed by atoms with Gasteiger partial charge >= 0.3 is 0 Å². The second-order valence-electron chi connectivity index (χ2n) is 4.71. The van der Waals surface area contributed by atoms with Crippen molar-refractivity contribution in [3.8, 4) is 0 Å². The molecule has 1 aliphatic carbocycles. The molecule has 5 N–H and O–H groups in total. The van der Waals surface area contributed by atoms with Crippen LogP contribution >= 0.6 is 0 Å². The molecule has 0 spiro atoms. The van der Waals surface area contributed by atoms with Gasteiger partial charge in [-0.15, -0.1) is 0 Å². The maximum atomic E-state index is 10.6. The van der Waals surface area contributed by atoms with Gasteiger partial charge in [0.05, 0.1) is 0 Å². The first-order chi connectivity index (χ1) is 8.58. The molecule has 0 unspecified atom stereocenters. The highest BCUT2D eigenvalue weighted by atomic mass is 16.1. The molecule has 0 aliphatic heterocycles. The van der Waals surface area contributed by atoms with Crippen LogP contribution in [-0.4, -0.2) is 22.4 Å². The molecule has 1 saturated carbocycles. The van der Waals surface area contributed by atoms with Gasteiger partial charge in [0.15, 0.2) is 0 Å². The van der Waals surface area contributed by atoms with Crippen LogP contribution in [0.3, 0.4) is 0 Å². The van der Waals surface area contributed by atoms with E-state index in [0.29, 0.717) is 31.1 Å². The molecule has 1 aliphatic rings. The van der Waals surface area contributed by atoms with Gasteiger partial charge < -0.3 is 16.8 Å². The molecule has 0 aromatic carbocycles. The fourth-order valence-corrected chi connectivity index (χ4v) is 1.72. The summed E-state index contributed by atoms with van der Waals surface area (Å²) < 4.78 is 0. The van der Waals surface area contributed by atoms with Crippen molar-refractivity contribution in [1.29, 1.82) is 0 Å². The number of nitrogen functional groups attached to an aromatic ring is 1. The molecule has 6 nitrogen and oxygen atoms in total. The van der Waals surface area contributed by atoms with E-state index in [2.05, 4.69) is 15.3 Å². The number of nitrogens with one attached hydrogen (secondary N) is 1. The standard InChI is InChI=1S/C12H19N5O/c1-7-10(14)16-12(8-4-5-8)17-11(7)15-6-2-3-9(13)18/h8H,2-6H2,1H3,(H2,13,18)(H3,14,15,16,17). The lowest BCUT2D eigenvalue weighted by atomic mass is 10.2. The van der Waals surface area contributed by atoms with E-state index in [1.807, 2.05) is 6.92 Å². The summed E-state index contributed by atoms with van der Waals surface area (Å²) in [4.78, 5) is 19.4. The largest absolute Gasteiger partial charge is 0.383 e. The molecule has 0 saturated heterocycles. The number of carbonyl (C=O) groups is 1. The number of rotatable bonds is 6. The molecule has 98 valence electrons. The lowest BCUT2D eigenvalue weighted by molar-refractivity contribution is -0.118. The normalized spacial score (nSPS) is 14.5. The van der Waals surface area contributed by atoms with E-state index in [-0.39, 0.29) is 5.91 Å². The zero-order valence-corrected chi connectivity index (χ0v) is 10.6. The molecular formula is C12H19N5O. The smallest absolute Gasteiger partial charge is 0.217 e. The number of carbonyl (C=O) groups excluding carboxylic acids is 1. The quantitative estimate of drug-likeness (QED) is 0.650. The van der Waals surface area contributed by atoms with E-state index < -0.39 is 0 Å². The number of amides is 1. The third-order valence-corrected chi connectivity index (χ3v) is 3.04. The highest BCUT2D eigenvalue weighted by Crippen LogP contribution is 2.39. The molecule has 6 heteroatoms. The first-order valence-electron chi connectivity index (χ1n) is 6.24. The third-order valence-electron chi connectivity index (χ3n) is 3.04. The SMILES string of the molecule is Cc1c(N)nc(C2CC2)nc1NCCCC(N)=O. The molecule has 2 rings (SSSR count). The van der Waals surface area contributed by atoms with Crippen molar-refractivity contribution >= 4 is 17.5 Å². The summed E-state index contributed by atoms with van der Waals surface area (Å²) in [7, 11) is 0. The number of hydrogen-bond acceptors (Lipinski definition) is 5. The summed E-state index contributed by atoms with van der Waals surface area (Å²) >= 11 is 0. The summed E-state index contributed by atoms with van der Waals surface area (Å²) in [5.41, 5.74) is 11.8. The van der Waals surface area contributed by atoms with Crippen LogP contribution in [0.1, 0.15) is 43.0 Å². The van der Waals surface area contributed by atoms with E-state index in [4.69, 9.17) is 11.5 Å². The molecular weight excluding hydrogens is 230 g/mol. The van der Waals surface area contributed by atoms with Crippen molar-refractivity contribution in [2.24, 2.45) is 5.73 Å². The Hall–Kier alpha value is -1.85. The fraction of sp³-hybridized carbons (Fsp3) is 0.583. The maximum absolute atomic E-state index is 10.6. The number of nitrogens with two attached hydrogens (primary N) is 2. The van der Waals surface area contributed by atoms with Crippen LogP contribution in [-0.2, 0) is 4.79 Å². The van der Waals surface area contributed by atoms with E-state index in [1.54, 1.807) is 0 Å². The Morgan fingerprint density at radius 2 is 2.17 bits per heavy atom. The van der Waals surface area contributed by atoms with Gasteiger partial charge in [0.2, 0.25) is 5.91 Å². The number of hydrogen-bond donors (Lipinski definition) is 3. The minimum Gasteiger partial charge on any atom is -0.383 e. The van der Waals surface area contributed by atoms with Crippen molar-refractivity contribution < 1.29 is 4.79 Å². The van der Waals surface area contributed by atoms with Crippen molar-refractivity contribution in [3.05, 3.63) is 11.4 Å². The van der Waals surface area contributed by atoms with Gasteiger partial charge in [-0.3, -0.25) is 4.79 Å².